The number of halogens is 8. The molecule has 0 aliphatic heterocycles. The van der Waals surface area contributed by atoms with Crippen LogP contribution >= 0.6 is 0 Å². The van der Waals surface area contributed by atoms with Gasteiger partial charge in [-0.1, -0.05) is 45.4 Å². The van der Waals surface area contributed by atoms with E-state index in [4.69, 9.17) is 0 Å². The van der Waals surface area contributed by atoms with Gasteiger partial charge in [-0.15, -0.1) is 0 Å². The largest absolute Gasteiger partial charge is 0.558 e. The third kappa shape index (κ3) is 10.3. The van der Waals surface area contributed by atoms with Crippen molar-refractivity contribution in [3.63, 3.8) is 0 Å². The topological polar surface area (TPSA) is 3.88 Å². The molecular weight excluding hydrogens is 393 g/mol. The van der Waals surface area contributed by atoms with E-state index in [1.165, 1.54) is 63.5 Å². The second-order valence-corrected chi connectivity index (χ2v) is 6.78. The van der Waals surface area contributed by atoms with Crippen LogP contribution in [-0.2, 0) is 6.54 Å². The van der Waals surface area contributed by atoms with Gasteiger partial charge in [-0.25, -0.2) is 13.3 Å². The molecule has 0 unspecified atom stereocenters. The molecule has 0 aromatic carbocycles. The Bertz CT molecular complexity index is 510. The summed E-state index contributed by atoms with van der Waals surface area (Å²) in [6.07, 6.45) is 9.01. The second kappa shape index (κ2) is 12.3. The van der Waals surface area contributed by atoms with E-state index in [1.807, 2.05) is 0 Å². The van der Waals surface area contributed by atoms with Crippen LogP contribution in [0.5, 0.6) is 0 Å². The van der Waals surface area contributed by atoms with Crippen LogP contribution in [0.2, 0.25) is 0 Å². The molecule has 0 radical (unpaired) electrons. The molecule has 0 amide bonds. The Morgan fingerprint density at radius 1 is 0.786 bits per heavy atom. The molecular formula is C18H28BF8N. The number of aromatic nitrogens is 1. The molecule has 164 valence electrons. The number of nitrogens with zero attached hydrogens (tertiary/aromatic N) is 1. The summed E-state index contributed by atoms with van der Waals surface area (Å²) in [6.45, 7) is -1.62. The highest BCUT2D eigenvalue weighted by molar-refractivity contribution is 6.61. The van der Waals surface area contributed by atoms with Crippen LogP contribution in [0.3, 0.4) is 0 Å². The Morgan fingerprint density at radius 2 is 1.21 bits per heavy atom. The number of unbranched alkanes of at least 4 members (excludes halogenated alkanes) is 7. The molecule has 0 aliphatic carbocycles. The van der Waals surface area contributed by atoms with Crippen LogP contribution in [0.25, 0.3) is 0 Å². The Labute approximate surface area is 161 Å². The van der Waals surface area contributed by atoms with E-state index < -0.39 is 19.0 Å². The highest BCUT2D eigenvalue weighted by Gasteiger charge is 2.69. The van der Waals surface area contributed by atoms with Gasteiger partial charge >= 0.3 is 19.0 Å². The predicted octanol–water partition coefficient (Wildman–Crippen LogP) is 6.99. The lowest BCUT2D eigenvalue weighted by Crippen LogP contribution is -2.53. The van der Waals surface area contributed by atoms with E-state index in [-0.39, 0.29) is 0 Å². The average molecular weight is 421 g/mol. The van der Waals surface area contributed by atoms with Crippen LogP contribution in [0, 0.1) is 6.92 Å². The Balaban J connectivity index is 0.000000576. The minimum absolute atomic E-state index is 1.18. The zero-order chi connectivity index (χ0) is 21.8. The lowest BCUT2D eigenvalue weighted by molar-refractivity contribution is -0.697. The van der Waals surface area contributed by atoms with E-state index in [1.54, 1.807) is 0 Å². The van der Waals surface area contributed by atoms with Crippen LogP contribution in [-0.4, -0.2) is 19.0 Å². The summed E-state index contributed by atoms with van der Waals surface area (Å²) in [5, 5.41) is 0. The monoisotopic (exact) mass is 421 g/mol. The number of aryl methyl sites for hydroxylation is 2. The number of hydrogen-bond donors (Lipinski definition) is 0. The highest BCUT2D eigenvalue weighted by atomic mass is 19.4. The standard InChI is InChI=1S/C16H28N.C2BF8/c1-3-4-5-6-7-8-9-10-13-17-14-11-16(2)12-15-17;4-1(5,2(6,7)8)3(9,10)11/h11-12,14-15H,3-10,13H2,1-2H3;/q+1;-1. The molecule has 1 heterocycles. The van der Waals surface area contributed by atoms with Gasteiger partial charge in [0.15, 0.2) is 12.4 Å². The minimum atomic E-state index is -7.21. The third-order valence-corrected chi connectivity index (χ3v) is 4.12. The number of hydrogen-bond acceptors (Lipinski definition) is 0. The van der Waals surface area contributed by atoms with Crippen molar-refractivity contribution in [2.45, 2.75) is 83.8 Å². The Kier molecular flexibility index (Phi) is 11.7. The minimum Gasteiger partial charge on any atom is -0.445 e. The van der Waals surface area contributed by atoms with Crippen molar-refractivity contribution in [2.75, 3.05) is 0 Å². The molecule has 0 fully saturated rings. The van der Waals surface area contributed by atoms with Crippen LogP contribution < -0.4 is 4.57 Å². The summed E-state index contributed by atoms with van der Waals surface area (Å²) in [7, 11) is 0. The molecule has 10 heteroatoms. The molecule has 0 saturated heterocycles. The predicted molar refractivity (Wildman–Crippen MR) is 94.1 cm³/mol. The van der Waals surface area contributed by atoms with Crippen molar-refractivity contribution in [1.29, 1.82) is 0 Å². The zero-order valence-electron chi connectivity index (χ0n) is 16.2. The maximum Gasteiger partial charge on any atom is 0.558 e. The van der Waals surface area contributed by atoms with Crippen molar-refractivity contribution < 1.29 is 39.5 Å². The second-order valence-electron chi connectivity index (χ2n) is 6.78. The summed E-state index contributed by atoms with van der Waals surface area (Å²) in [6, 6.07) is 4.37. The van der Waals surface area contributed by atoms with Gasteiger partial charge in [-0.3, -0.25) is 0 Å². The lowest BCUT2D eigenvalue weighted by Gasteiger charge is -2.28. The van der Waals surface area contributed by atoms with Gasteiger partial charge in [0.25, 0.3) is 0 Å². The summed E-state index contributed by atoms with van der Waals surface area (Å²) in [4.78, 5) is 0. The molecule has 1 aromatic rings. The molecule has 0 bridgehead atoms. The zero-order valence-corrected chi connectivity index (χ0v) is 16.2. The normalized spacial score (nSPS) is 12.5. The van der Waals surface area contributed by atoms with Gasteiger partial charge in [0.05, 0.1) is 0 Å². The van der Waals surface area contributed by atoms with E-state index >= 15 is 0 Å². The quantitative estimate of drug-likeness (QED) is 0.166. The van der Waals surface area contributed by atoms with E-state index in [0.717, 1.165) is 0 Å². The first kappa shape index (κ1) is 26.7. The molecule has 1 aromatic heterocycles. The fourth-order valence-corrected chi connectivity index (χ4v) is 2.29. The maximum absolute atomic E-state index is 11.2. The van der Waals surface area contributed by atoms with Gasteiger partial charge in [0, 0.05) is 18.6 Å². The summed E-state index contributed by atoms with van der Waals surface area (Å²) in [5.41, 5.74) is 1.34. The first-order valence-corrected chi connectivity index (χ1v) is 9.42. The van der Waals surface area contributed by atoms with Crippen LogP contribution in [0.15, 0.2) is 24.5 Å². The van der Waals surface area contributed by atoms with Crippen molar-refractivity contribution >= 4 is 6.98 Å². The first-order valence-electron chi connectivity index (χ1n) is 9.42. The smallest absolute Gasteiger partial charge is 0.445 e. The fraction of sp³-hybridized carbons (Fsp3) is 0.722. The summed E-state index contributed by atoms with van der Waals surface area (Å²) < 4.78 is 90.1. The Hall–Kier alpha value is -1.35. The van der Waals surface area contributed by atoms with Crippen molar-refractivity contribution in [1.82, 2.24) is 0 Å². The molecule has 0 N–H and O–H groups in total. The Morgan fingerprint density at radius 3 is 1.57 bits per heavy atom. The van der Waals surface area contributed by atoms with Crippen molar-refractivity contribution in [2.24, 2.45) is 0 Å². The average Bonchev–Trinajstić information content (AvgIpc) is 2.57. The number of pyridine rings is 1. The third-order valence-electron chi connectivity index (χ3n) is 4.12. The van der Waals surface area contributed by atoms with Gasteiger partial charge in [0.2, 0.25) is 0 Å². The fourth-order valence-electron chi connectivity index (χ4n) is 2.29. The maximum atomic E-state index is 11.2. The SMILES string of the molecule is CCCCCCCCCC[n+]1ccc(C)cc1.F[B-](F)(F)C(F)(F)C(F)(F)F. The highest BCUT2D eigenvalue weighted by Crippen LogP contribution is 2.44. The van der Waals surface area contributed by atoms with E-state index in [0.29, 0.717) is 0 Å². The molecule has 28 heavy (non-hydrogen) atoms. The molecule has 1 nitrogen and oxygen atoms in total. The van der Waals surface area contributed by atoms with Crippen LogP contribution in [0.1, 0.15) is 63.9 Å². The van der Waals surface area contributed by atoms with Gasteiger partial charge in [-0.2, -0.15) is 13.2 Å². The molecule has 1 rings (SSSR count). The molecule has 0 aliphatic rings. The van der Waals surface area contributed by atoms with Crippen LogP contribution in [0.4, 0.5) is 34.9 Å². The summed E-state index contributed by atoms with van der Waals surface area (Å²) >= 11 is 0. The van der Waals surface area contributed by atoms with Gasteiger partial charge in [0.1, 0.15) is 6.54 Å². The lowest BCUT2D eigenvalue weighted by atomic mass is 9.80. The molecule has 0 atom stereocenters. The van der Waals surface area contributed by atoms with Gasteiger partial charge < -0.3 is 12.9 Å². The number of rotatable bonds is 10. The van der Waals surface area contributed by atoms with Crippen molar-refractivity contribution in [3.8, 4) is 0 Å². The molecule has 0 spiro atoms. The number of alkyl halides is 5. The summed E-state index contributed by atoms with van der Waals surface area (Å²) in [5.74, 6) is -6.56. The van der Waals surface area contributed by atoms with Gasteiger partial charge in [-0.05, 0) is 18.9 Å². The molecule has 0 saturated carbocycles. The first-order chi connectivity index (χ1) is 12.8. The van der Waals surface area contributed by atoms with E-state index in [9.17, 15) is 34.9 Å². The van der Waals surface area contributed by atoms with Crippen molar-refractivity contribution in [3.05, 3.63) is 30.1 Å². The van der Waals surface area contributed by atoms with E-state index in [2.05, 4.69) is 42.9 Å².